The highest BCUT2D eigenvalue weighted by molar-refractivity contribution is 5.94. The van der Waals surface area contributed by atoms with Crippen LogP contribution in [0.4, 0.5) is 0 Å². The van der Waals surface area contributed by atoms with Gasteiger partial charge in [-0.3, -0.25) is 4.79 Å². The highest BCUT2D eigenvalue weighted by Gasteiger charge is 2.29. The molecule has 29 heavy (non-hydrogen) atoms. The van der Waals surface area contributed by atoms with Crippen LogP contribution in [0.2, 0.25) is 0 Å². The summed E-state index contributed by atoms with van der Waals surface area (Å²) < 4.78 is 1.32. The molecular formula is C22H21N5O2. The normalized spacial score (nSPS) is 14.2. The quantitative estimate of drug-likeness (QED) is 0.699. The number of nitrogens with one attached hydrogen (secondary N) is 1. The Hall–Kier alpha value is -3.66. The Balaban J connectivity index is 1.56. The van der Waals surface area contributed by atoms with E-state index in [1.165, 1.54) is 10.9 Å². The second kappa shape index (κ2) is 7.40. The number of nitrogens with zero attached hydrogens (tertiary/aromatic N) is 4. The molecule has 0 unspecified atom stereocenters. The van der Waals surface area contributed by atoms with Crippen molar-refractivity contribution in [3.63, 3.8) is 0 Å². The van der Waals surface area contributed by atoms with Crippen molar-refractivity contribution in [2.24, 2.45) is 5.92 Å². The first-order valence-electron chi connectivity index (χ1n) is 9.53. The first kappa shape index (κ1) is 18.7. The summed E-state index contributed by atoms with van der Waals surface area (Å²) in [6.07, 6.45) is 5.37. The van der Waals surface area contributed by atoms with Crippen molar-refractivity contribution in [1.29, 1.82) is 5.26 Å². The summed E-state index contributed by atoms with van der Waals surface area (Å²) >= 11 is 0. The van der Waals surface area contributed by atoms with E-state index in [2.05, 4.69) is 21.5 Å². The maximum absolute atomic E-state index is 12.3. The summed E-state index contributed by atoms with van der Waals surface area (Å²) in [6, 6.07) is 10.8. The fourth-order valence-corrected chi connectivity index (χ4v) is 3.38. The molecule has 1 amide bonds. The van der Waals surface area contributed by atoms with Gasteiger partial charge in [-0.25, -0.2) is 4.98 Å². The molecule has 3 aromatic rings. The number of carbonyl (C=O) groups excluding carboxylic acids is 1. The van der Waals surface area contributed by atoms with Gasteiger partial charge < -0.3 is 10.4 Å². The Morgan fingerprint density at radius 3 is 2.69 bits per heavy atom. The molecule has 1 fully saturated rings. The van der Waals surface area contributed by atoms with Gasteiger partial charge in [-0.15, -0.1) is 0 Å². The third kappa shape index (κ3) is 3.69. The number of aromatic hydroxyl groups is 1. The van der Waals surface area contributed by atoms with Crippen molar-refractivity contribution >= 4 is 5.91 Å². The lowest BCUT2D eigenvalue weighted by molar-refractivity contribution is 0.0935. The van der Waals surface area contributed by atoms with Gasteiger partial charge >= 0.3 is 0 Å². The van der Waals surface area contributed by atoms with Crippen molar-refractivity contribution in [1.82, 2.24) is 20.1 Å². The molecule has 2 N–H and O–H groups in total. The molecule has 1 aromatic carbocycles. The van der Waals surface area contributed by atoms with Crippen molar-refractivity contribution in [3.8, 4) is 28.9 Å². The zero-order valence-corrected chi connectivity index (χ0v) is 16.3. The van der Waals surface area contributed by atoms with Crippen molar-refractivity contribution in [2.45, 2.75) is 32.7 Å². The second-order valence-electron chi connectivity index (χ2n) is 7.44. The summed E-state index contributed by atoms with van der Waals surface area (Å²) in [7, 11) is 0. The average Bonchev–Trinajstić information content (AvgIpc) is 3.51. The number of aromatic nitrogens is 3. The number of pyridine rings is 1. The number of carbonyl (C=O) groups is 1. The Labute approximate surface area is 168 Å². The predicted molar refractivity (Wildman–Crippen MR) is 108 cm³/mol. The minimum atomic E-state index is -0.151. The summed E-state index contributed by atoms with van der Waals surface area (Å²) in [5, 5.41) is 26.9. The number of rotatable bonds is 5. The largest absolute Gasteiger partial charge is 0.493 e. The van der Waals surface area contributed by atoms with E-state index in [9.17, 15) is 9.90 Å². The zero-order valence-electron chi connectivity index (χ0n) is 16.3. The molecule has 1 aliphatic carbocycles. The van der Waals surface area contributed by atoms with Gasteiger partial charge in [0, 0.05) is 12.2 Å². The van der Waals surface area contributed by atoms with E-state index in [-0.39, 0.29) is 17.8 Å². The van der Waals surface area contributed by atoms with Gasteiger partial charge in [0.2, 0.25) is 5.88 Å². The first-order valence-corrected chi connectivity index (χ1v) is 9.53. The number of aryl methyl sites for hydroxylation is 1. The van der Waals surface area contributed by atoms with Crippen LogP contribution in [0.5, 0.6) is 5.88 Å². The molecule has 0 bridgehead atoms. The van der Waals surface area contributed by atoms with Crippen LogP contribution in [0.3, 0.4) is 0 Å². The maximum atomic E-state index is 12.3. The highest BCUT2D eigenvalue weighted by Crippen LogP contribution is 2.33. The van der Waals surface area contributed by atoms with E-state index in [0.29, 0.717) is 28.4 Å². The van der Waals surface area contributed by atoms with Crippen LogP contribution in [-0.2, 0) is 0 Å². The average molecular weight is 387 g/mol. The van der Waals surface area contributed by atoms with Gasteiger partial charge in [0.05, 0.1) is 29.0 Å². The second-order valence-corrected chi connectivity index (χ2v) is 7.44. The molecule has 2 aromatic heterocycles. The standard InChI is InChI=1S/C22H21N5O2/c1-13-9-15(10-23)3-7-18(13)19-12-25-27(22(19)29)20-8-6-17(11-24-20)21(28)26-14(2)16-4-5-16/h3,6-9,11-12,14,16,29H,4-5H2,1-2H3,(H,26,28)/t14-/m1/s1. The Morgan fingerprint density at radius 1 is 1.28 bits per heavy atom. The van der Waals surface area contributed by atoms with Crippen LogP contribution >= 0.6 is 0 Å². The minimum Gasteiger partial charge on any atom is -0.493 e. The molecule has 0 aliphatic heterocycles. The molecule has 0 radical (unpaired) electrons. The van der Waals surface area contributed by atoms with Crippen LogP contribution in [0.1, 0.15) is 41.3 Å². The number of hydrogen-bond donors (Lipinski definition) is 2. The molecule has 1 saturated carbocycles. The molecule has 2 heterocycles. The Kier molecular flexibility index (Phi) is 4.77. The molecule has 1 aliphatic rings. The van der Waals surface area contributed by atoms with E-state index in [4.69, 9.17) is 5.26 Å². The monoisotopic (exact) mass is 387 g/mol. The predicted octanol–water partition coefficient (Wildman–Crippen LogP) is 3.35. The minimum absolute atomic E-state index is 0.0511. The van der Waals surface area contributed by atoms with Crippen LogP contribution in [-0.4, -0.2) is 31.8 Å². The Bertz CT molecular complexity index is 1110. The van der Waals surface area contributed by atoms with E-state index in [1.54, 1.807) is 36.5 Å². The van der Waals surface area contributed by atoms with E-state index >= 15 is 0 Å². The van der Waals surface area contributed by atoms with Crippen LogP contribution in [0, 0.1) is 24.2 Å². The number of nitriles is 1. The summed E-state index contributed by atoms with van der Waals surface area (Å²) in [6.45, 7) is 3.90. The molecule has 1 atom stereocenters. The molecule has 7 nitrogen and oxygen atoms in total. The van der Waals surface area contributed by atoms with Crippen molar-refractivity contribution in [3.05, 3.63) is 59.4 Å². The molecular weight excluding hydrogens is 366 g/mol. The van der Waals surface area contributed by atoms with E-state index in [1.807, 2.05) is 13.8 Å². The fourth-order valence-electron chi connectivity index (χ4n) is 3.38. The number of hydrogen-bond acceptors (Lipinski definition) is 5. The van der Waals surface area contributed by atoms with E-state index in [0.717, 1.165) is 24.0 Å². The Morgan fingerprint density at radius 2 is 2.07 bits per heavy atom. The third-order valence-corrected chi connectivity index (χ3v) is 5.30. The van der Waals surface area contributed by atoms with Gasteiger partial charge in [0.25, 0.3) is 5.91 Å². The SMILES string of the molecule is Cc1cc(C#N)ccc1-c1cnn(-c2ccc(C(=O)N[C@H](C)C3CC3)cn2)c1O. The van der Waals surface area contributed by atoms with Crippen LogP contribution in [0.25, 0.3) is 16.9 Å². The van der Waals surface area contributed by atoms with Gasteiger partial charge in [-0.1, -0.05) is 6.07 Å². The molecule has 7 heteroatoms. The maximum Gasteiger partial charge on any atom is 0.253 e. The fraction of sp³-hybridized carbons (Fsp3) is 0.273. The highest BCUT2D eigenvalue weighted by atomic mass is 16.3. The molecule has 4 rings (SSSR count). The van der Waals surface area contributed by atoms with Crippen LogP contribution in [0.15, 0.2) is 42.7 Å². The van der Waals surface area contributed by atoms with Gasteiger partial charge in [0.1, 0.15) is 0 Å². The van der Waals surface area contributed by atoms with Crippen molar-refractivity contribution in [2.75, 3.05) is 0 Å². The topological polar surface area (TPSA) is 104 Å². The van der Waals surface area contributed by atoms with Gasteiger partial charge in [-0.2, -0.15) is 15.0 Å². The van der Waals surface area contributed by atoms with E-state index < -0.39 is 0 Å². The lowest BCUT2D eigenvalue weighted by Crippen LogP contribution is -2.34. The molecule has 0 saturated heterocycles. The molecule has 146 valence electrons. The summed E-state index contributed by atoms with van der Waals surface area (Å²) in [5.41, 5.74) is 3.23. The lowest BCUT2D eigenvalue weighted by atomic mass is 10.0. The summed E-state index contributed by atoms with van der Waals surface area (Å²) in [5.74, 6) is 0.787. The summed E-state index contributed by atoms with van der Waals surface area (Å²) in [4.78, 5) is 16.6. The third-order valence-electron chi connectivity index (χ3n) is 5.30. The molecule has 0 spiro atoms. The zero-order chi connectivity index (χ0) is 20.5. The smallest absolute Gasteiger partial charge is 0.253 e. The lowest BCUT2D eigenvalue weighted by Gasteiger charge is -2.12. The van der Waals surface area contributed by atoms with Gasteiger partial charge in [0.15, 0.2) is 5.82 Å². The van der Waals surface area contributed by atoms with Gasteiger partial charge in [-0.05, 0) is 68.0 Å². The number of amides is 1. The van der Waals surface area contributed by atoms with Crippen LogP contribution < -0.4 is 5.32 Å². The number of benzene rings is 1. The first-order chi connectivity index (χ1) is 14.0. The van der Waals surface area contributed by atoms with Crippen molar-refractivity contribution < 1.29 is 9.90 Å².